The lowest BCUT2D eigenvalue weighted by atomic mass is 10.0. The first-order chi connectivity index (χ1) is 6.56. The van der Waals surface area contributed by atoms with Gasteiger partial charge in [-0.1, -0.05) is 17.7 Å². The zero-order chi connectivity index (χ0) is 10.7. The second kappa shape index (κ2) is 4.61. The number of halogens is 1. The fourth-order valence-corrected chi connectivity index (χ4v) is 1.18. The summed E-state index contributed by atoms with van der Waals surface area (Å²) in [4.78, 5) is 0. The monoisotopic (exact) mass is 217 g/mol. The van der Waals surface area contributed by atoms with Gasteiger partial charge in [-0.25, -0.2) is 0 Å². The third-order valence-electron chi connectivity index (χ3n) is 1.92. The average Bonchev–Trinajstić information content (AvgIpc) is 2.20. The summed E-state index contributed by atoms with van der Waals surface area (Å²) in [6.07, 6.45) is -2.15. The van der Waals surface area contributed by atoms with Crippen LogP contribution in [0.15, 0.2) is 18.2 Å². The molecule has 1 rings (SSSR count). The number of nitrogens with two attached hydrogens (primary N) is 1. The SMILES string of the molecule is NCC(O)C(O)c1ccc(Cl)c(O)c1. The molecule has 0 radical (unpaired) electrons. The van der Waals surface area contributed by atoms with Crippen molar-refractivity contribution in [3.05, 3.63) is 28.8 Å². The predicted molar refractivity (Wildman–Crippen MR) is 53.1 cm³/mol. The summed E-state index contributed by atoms with van der Waals surface area (Å²) >= 11 is 5.58. The number of phenols is 1. The number of aromatic hydroxyl groups is 1. The Hall–Kier alpha value is -0.810. The Morgan fingerprint density at radius 3 is 2.50 bits per heavy atom. The minimum absolute atomic E-state index is 0.0510. The molecule has 1 aromatic carbocycles. The highest BCUT2D eigenvalue weighted by Gasteiger charge is 2.17. The Balaban J connectivity index is 2.91. The normalized spacial score (nSPS) is 15.1. The molecule has 0 fully saturated rings. The third-order valence-corrected chi connectivity index (χ3v) is 2.24. The van der Waals surface area contributed by atoms with E-state index < -0.39 is 12.2 Å². The highest BCUT2D eigenvalue weighted by Crippen LogP contribution is 2.27. The number of aliphatic hydroxyl groups is 2. The van der Waals surface area contributed by atoms with E-state index in [4.69, 9.17) is 17.3 Å². The first-order valence-corrected chi connectivity index (χ1v) is 4.48. The molecule has 2 atom stereocenters. The molecule has 2 unspecified atom stereocenters. The van der Waals surface area contributed by atoms with Gasteiger partial charge in [0, 0.05) is 6.54 Å². The fraction of sp³-hybridized carbons (Fsp3) is 0.333. The van der Waals surface area contributed by atoms with Crippen LogP contribution in [0.4, 0.5) is 0 Å². The number of rotatable bonds is 3. The predicted octanol–water partition coefficient (Wildman–Crippen LogP) is 0.399. The fourth-order valence-electron chi connectivity index (χ4n) is 1.06. The van der Waals surface area contributed by atoms with Crippen LogP contribution in [-0.2, 0) is 0 Å². The van der Waals surface area contributed by atoms with Crippen LogP contribution < -0.4 is 5.73 Å². The smallest absolute Gasteiger partial charge is 0.134 e. The van der Waals surface area contributed by atoms with E-state index in [1.54, 1.807) is 0 Å². The van der Waals surface area contributed by atoms with Gasteiger partial charge in [-0.15, -0.1) is 0 Å². The quantitative estimate of drug-likeness (QED) is 0.590. The van der Waals surface area contributed by atoms with E-state index in [9.17, 15) is 15.3 Å². The van der Waals surface area contributed by atoms with Gasteiger partial charge in [0.1, 0.15) is 11.9 Å². The number of phenolic OH excluding ortho intramolecular Hbond substituents is 1. The topological polar surface area (TPSA) is 86.7 Å². The van der Waals surface area contributed by atoms with Crippen molar-refractivity contribution >= 4 is 11.6 Å². The number of aliphatic hydroxyl groups excluding tert-OH is 2. The maximum atomic E-state index is 9.52. The van der Waals surface area contributed by atoms with Crippen LogP contribution in [0.3, 0.4) is 0 Å². The lowest BCUT2D eigenvalue weighted by Gasteiger charge is -2.16. The molecule has 0 spiro atoms. The number of hydrogen-bond acceptors (Lipinski definition) is 4. The molecule has 0 aliphatic rings. The molecule has 0 heterocycles. The Morgan fingerprint density at radius 2 is 2.00 bits per heavy atom. The molecule has 0 aliphatic carbocycles. The van der Waals surface area contributed by atoms with Crippen LogP contribution in [-0.4, -0.2) is 28.0 Å². The van der Waals surface area contributed by atoms with E-state index in [1.165, 1.54) is 18.2 Å². The van der Waals surface area contributed by atoms with Gasteiger partial charge in [0.25, 0.3) is 0 Å². The summed E-state index contributed by atoms with van der Waals surface area (Å²) < 4.78 is 0. The molecule has 14 heavy (non-hydrogen) atoms. The van der Waals surface area contributed by atoms with Crippen molar-refractivity contribution in [1.82, 2.24) is 0 Å². The first-order valence-electron chi connectivity index (χ1n) is 4.11. The molecule has 0 saturated heterocycles. The molecule has 5 N–H and O–H groups in total. The van der Waals surface area contributed by atoms with Gasteiger partial charge >= 0.3 is 0 Å². The zero-order valence-electron chi connectivity index (χ0n) is 7.39. The molecular weight excluding hydrogens is 206 g/mol. The Bertz CT molecular complexity index is 319. The van der Waals surface area contributed by atoms with Crippen LogP contribution in [0.25, 0.3) is 0 Å². The van der Waals surface area contributed by atoms with Crippen LogP contribution in [0, 0.1) is 0 Å². The van der Waals surface area contributed by atoms with Crippen molar-refractivity contribution in [1.29, 1.82) is 0 Å². The molecule has 0 bridgehead atoms. The molecule has 4 nitrogen and oxygen atoms in total. The molecule has 0 saturated carbocycles. The van der Waals surface area contributed by atoms with E-state index in [1.807, 2.05) is 0 Å². The van der Waals surface area contributed by atoms with Crippen molar-refractivity contribution in [3.8, 4) is 5.75 Å². The lowest BCUT2D eigenvalue weighted by molar-refractivity contribution is 0.0242. The summed E-state index contributed by atoms with van der Waals surface area (Å²) in [6.45, 7) is -0.0510. The number of benzene rings is 1. The molecular formula is C9H12ClNO3. The minimum atomic E-state index is -1.11. The van der Waals surface area contributed by atoms with Gasteiger partial charge in [-0.2, -0.15) is 0 Å². The van der Waals surface area contributed by atoms with Crippen molar-refractivity contribution in [3.63, 3.8) is 0 Å². The average molecular weight is 218 g/mol. The van der Waals surface area contributed by atoms with Gasteiger partial charge in [0.05, 0.1) is 11.1 Å². The lowest BCUT2D eigenvalue weighted by Crippen LogP contribution is -2.27. The van der Waals surface area contributed by atoms with Crippen LogP contribution >= 0.6 is 11.6 Å². The van der Waals surface area contributed by atoms with Crippen LogP contribution in [0.1, 0.15) is 11.7 Å². The van der Waals surface area contributed by atoms with Crippen LogP contribution in [0.2, 0.25) is 5.02 Å². The van der Waals surface area contributed by atoms with Crippen molar-refractivity contribution in [2.24, 2.45) is 5.73 Å². The summed E-state index contributed by atoms with van der Waals surface area (Å²) in [7, 11) is 0. The summed E-state index contributed by atoms with van der Waals surface area (Å²) in [5.74, 6) is -0.132. The summed E-state index contributed by atoms with van der Waals surface area (Å²) in [6, 6.07) is 4.26. The van der Waals surface area contributed by atoms with E-state index >= 15 is 0 Å². The van der Waals surface area contributed by atoms with Crippen molar-refractivity contribution < 1.29 is 15.3 Å². The second-order valence-corrected chi connectivity index (χ2v) is 3.37. The Morgan fingerprint density at radius 1 is 1.36 bits per heavy atom. The molecule has 0 aliphatic heterocycles. The van der Waals surface area contributed by atoms with Gasteiger partial charge < -0.3 is 21.1 Å². The third kappa shape index (κ3) is 2.36. The molecule has 0 amide bonds. The van der Waals surface area contributed by atoms with Crippen LogP contribution in [0.5, 0.6) is 5.75 Å². The van der Waals surface area contributed by atoms with Gasteiger partial charge in [0.15, 0.2) is 0 Å². The van der Waals surface area contributed by atoms with Crippen molar-refractivity contribution in [2.45, 2.75) is 12.2 Å². The highest BCUT2D eigenvalue weighted by atomic mass is 35.5. The maximum absolute atomic E-state index is 9.52. The van der Waals surface area contributed by atoms with E-state index in [0.29, 0.717) is 5.56 Å². The molecule has 1 aromatic rings. The van der Waals surface area contributed by atoms with Gasteiger partial charge in [-0.05, 0) is 17.7 Å². The van der Waals surface area contributed by atoms with Crippen molar-refractivity contribution in [2.75, 3.05) is 6.54 Å². The Labute approximate surface area is 86.6 Å². The molecule has 0 aromatic heterocycles. The zero-order valence-corrected chi connectivity index (χ0v) is 8.15. The second-order valence-electron chi connectivity index (χ2n) is 2.96. The molecule has 78 valence electrons. The van der Waals surface area contributed by atoms with Gasteiger partial charge in [0.2, 0.25) is 0 Å². The van der Waals surface area contributed by atoms with E-state index in [0.717, 1.165) is 0 Å². The molecule has 5 heteroatoms. The van der Waals surface area contributed by atoms with E-state index in [2.05, 4.69) is 0 Å². The standard InChI is InChI=1S/C9H12ClNO3/c10-6-2-1-5(3-7(6)12)9(14)8(13)4-11/h1-3,8-9,12-14H,4,11H2. The first kappa shape index (κ1) is 11.3. The number of hydrogen-bond donors (Lipinski definition) is 4. The highest BCUT2D eigenvalue weighted by molar-refractivity contribution is 6.32. The minimum Gasteiger partial charge on any atom is -0.506 e. The van der Waals surface area contributed by atoms with E-state index in [-0.39, 0.29) is 17.3 Å². The maximum Gasteiger partial charge on any atom is 0.134 e. The largest absolute Gasteiger partial charge is 0.506 e. The Kier molecular flexibility index (Phi) is 3.71. The van der Waals surface area contributed by atoms with Gasteiger partial charge in [-0.3, -0.25) is 0 Å². The summed E-state index contributed by atoms with van der Waals surface area (Å²) in [5, 5.41) is 28.2. The summed E-state index contributed by atoms with van der Waals surface area (Å²) in [5.41, 5.74) is 5.56.